The summed E-state index contributed by atoms with van der Waals surface area (Å²) in [6.45, 7) is 7.28. The van der Waals surface area contributed by atoms with E-state index in [0.717, 1.165) is 68.6 Å². The van der Waals surface area contributed by atoms with Gasteiger partial charge in [0.25, 0.3) is 0 Å². The molecule has 1 aliphatic heterocycles. The van der Waals surface area contributed by atoms with E-state index in [-0.39, 0.29) is 6.10 Å². The van der Waals surface area contributed by atoms with Crippen LogP contribution in [0.4, 0.5) is 0 Å². The van der Waals surface area contributed by atoms with Crippen LogP contribution in [-0.2, 0) is 11.3 Å². The number of ether oxygens (including phenoxy) is 3. The zero-order chi connectivity index (χ0) is 21.9. The number of nitrogens with one attached hydrogen (secondary N) is 2. The number of nitrogens with zero attached hydrogens (tertiary/aromatic N) is 2. The molecule has 0 aromatic heterocycles. The van der Waals surface area contributed by atoms with Crippen molar-refractivity contribution in [2.45, 2.75) is 64.1 Å². The lowest BCUT2D eigenvalue weighted by Crippen LogP contribution is -2.45. The van der Waals surface area contributed by atoms with Crippen LogP contribution in [0.3, 0.4) is 0 Å². The number of hydrogen-bond donors (Lipinski definition) is 2. The van der Waals surface area contributed by atoms with Gasteiger partial charge >= 0.3 is 0 Å². The van der Waals surface area contributed by atoms with Gasteiger partial charge in [-0.2, -0.15) is 0 Å². The lowest BCUT2D eigenvalue weighted by Gasteiger charge is -2.25. The summed E-state index contributed by atoms with van der Waals surface area (Å²) in [6, 6.07) is 6.59. The van der Waals surface area contributed by atoms with Gasteiger partial charge in [-0.3, -0.25) is 4.90 Å². The quantitative estimate of drug-likeness (QED) is 0.414. The molecule has 0 amide bonds. The average molecular weight is 433 g/mol. The number of likely N-dealkylation sites (tertiary alicyclic amines) is 1. The minimum atomic E-state index is 0.283. The number of guanidine groups is 1. The van der Waals surface area contributed by atoms with Crippen molar-refractivity contribution in [3.05, 3.63) is 23.8 Å². The Kier molecular flexibility index (Phi) is 9.75. The smallest absolute Gasteiger partial charge is 0.191 e. The largest absolute Gasteiger partial charge is 0.493 e. The van der Waals surface area contributed by atoms with Crippen LogP contribution in [-0.4, -0.2) is 70.0 Å². The van der Waals surface area contributed by atoms with Gasteiger partial charge in [-0.15, -0.1) is 0 Å². The van der Waals surface area contributed by atoms with Crippen LogP contribution in [0.15, 0.2) is 23.2 Å². The number of rotatable bonds is 11. The predicted octanol–water partition coefficient (Wildman–Crippen LogP) is 3.18. The van der Waals surface area contributed by atoms with E-state index in [4.69, 9.17) is 19.2 Å². The van der Waals surface area contributed by atoms with Crippen molar-refractivity contribution in [3.63, 3.8) is 0 Å². The van der Waals surface area contributed by atoms with Gasteiger partial charge in [0, 0.05) is 38.3 Å². The van der Waals surface area contributed by atoms with Gasteiger partial charge in [-0.1, -0.05) is 12.1 Å². The Hall–Kier alpha value is -1.99. The molecule has 2 N–H and O–H groups in total. The van der Waals surface area contributed by atoms with Gasteiger partial charge in [-0.05, 0) is 58.1 Å². The summed E-state index contributed by atoms with van der Waals surface area (Å²) in [5.74, 6) is 2.48. The molecule has 1 atom stereocenters. The molecule has 7 heteroatoms. The molecular weight excluding hydrogens is 392 g/mol. The first-order valence-electron chi connectivity index (χ1n) is 11.8. The number of para-hydroxylation sites is 1. The first-order valence-corrected chi connectivity index (χ1v) is 11.8. The molecule has 31 heavy (non-hydrogen) atoms. The summed E-state index contributed by atoms with van der Waals surface area (Å²) in [7, 11) is 3.47. The normalized spacial score (nSPS) is 20.2. The second-order valence-electron chi connectivity index (χ2n) is 8.37. The minimum Gasteiger partial charge on any atom is -0.493 e. The lowest BCUT2D eigenvalue weighted by atomic mass is 10.1. The van der Waals surface area contributed by atoms with E-state index in [1.165, 1.54) is 25.7 Å². The van der Waals surface area contributed by atoms with Gasteiger partial charge < -0.3 is 24.8 Å². The summed E-state index contributed by atoms with van der Waals surface area (Å²) in [6.07, 6.45) is 7.46. The number of hydrogen-bond acceptors (Lipinski definition) is 5. The second kappa shape index (κ2) is 12.8. The van der Waals surface area contributed by atoms with Gasteiger partial charge in [0.05, 0.1) is 26.4 Å². The van der Waals surface area contributed by atoms with Crippen molar-refractivity contribution < 1.29 is 14.2 Å². The summed E-state index contributed by atoms with van der Waals surface area (Å²) >= 11 is 0. The van der Waals surface area contributed by atoms with Gasteiger partial charge in [-0.25, -0.2) is 4.99 Å². The van der Waals surface area contributed by atoms with Crippen LogP contribution in [0.25, 0.3) is 0 Å². The van der Waals surface area contributed by atoms with Crippen LogP contribution >= 0.6 is 0 Å². The van der Waals surface area contributed by atoms with E-state index >= 15 is 0 Å². The van der Waals surface area contributed by atoms with Crippen LogP contribution in [0, 0.1) is 0 Å². The molecular formula is C24H40N4O3. The van der Waals surface area contributed by atoms with E-state index in [1.807, 2.05) is 12.1 Å². The van der Waals surface area contributed by atoms with Crippen molar-refractivity contribution in [2.24, 2.45) is 4.99 Å². The van der Waals surface area contributed by atoms with E-state index in [0.29, 0.717) is 12.6 Å². The molecule has 7 nitrogen and oxygen atoms in total. The highest BCUT2D eigenvalue weighted by Gasteiger charge is 2.24. The molecule has 1 heterocycles. The maximum Gasteiger partial charge on any atom is 0.191 e. The molecule has 1 saturated carbocycles. The third-order valence-electron chi connectivity index (χ3n) is 6.21. The van der Waals surface area contributed by atoms with Crippen molar-refractivity contribution >= 4 is 5.96 Å². The Morgan fingerprint density at radius 3 is 2.71 bits per heavy atom. The molecule has 174 valence electrons. The molecule has 0 bridgehead atoms. The van der Waals surface area contributed by atoms with E-state index in [9.17, 15) is 0 Å². The third-order valence-corrected chi connectivity index (χ3v) is 6.21. The van der Waals surface area contributed by atoms with Crippen molar-refractivity contribution in [3.8, 4) is 11.5 Å². The maximum absolute atomic E-state index is 6.36. The fraction of sp³-hybridized carbons (Fsp3) is 0.708. The van der Waals surface area contributed by atoms with Crippen molar-refractivity contribution in [2.75, 3.05) is 47.0 Å². The molecule has 2 fully saturated rings. The first kappa shape index (κ1) is 23.7. The molecule has 1 saturated heterocycles. The van der Waals surface area contributed by atoms with Crippen molar-refractivity contribution in [1.29, 1.82) is 0 Å². The summed E-state index contributed by atoms with van der Waals surface area (Å²) in [4.78, 5) is 7.37. The Bertz CT molecular complexity index is 691. The molecule has 1 aromatic rings. The summed E-state index contributed by atoms with van der Waals surface area (Å²) in [5, 5.41) is 6.92. The fourth-order valence-corrected chi connectivity index (χ4v) is 4.50. The zero-order valence-electron chi connectivity index (χ0n) is 19.5. The van der Waals surface area contributed by atoms with Gasteiger partial charge in [0.15, 0.2) is 17.5 Å². The molecule has 0 radical (unpaired) electrons. The van der Waals surface area contributed by atoms with E-state index < -0.39 is 0 Å². The average Bonchev–Trinajstić information content (AvgIpc) is 3.46. The summed E-state index contributed by atoms with van der Waals surface area (Å²) < 4.78 is 17.2. The fourth-order valence-electron chi connectivity index (χ4n) is 4.50. The topological polar surface area (TPSA) is 67.4 Å². The lowest BCUT2D eigenvalue weighted by molar-refractivity contribution is 0.141. The van der Waals surface area contributed by atoms with Crippen LogP contribution in [0.5, 0.6) is 11.5 Å². The van der Waals surface area contributed by atoms with Crippen LogP contribution < -0.4 is 20.1 Å². The maximum atomic E-state index is 6.36. The Morgan fingerprint density at radius 1 is 1.13 bits per heavy atom. The Balaban J connectivity index is 1.64. The SMILES string of the molecule is CCNC(=NCc1cccc(OC)c1OC1CCCC1)NCC1CCCN1CCOC. The molecule has 2 aliphatic rings. The highest BCUT2D eigenvalue weighted by molar-refractivity contribution is 5.79. The molecule has 1 aliphatic carbocycles. The zero-order valence-corrected chi connectivity index (χ0v) is 19.5. The number of aliphatic imine (C=N–C) groups is 1. The van der Waals surface area contributed by atoms with Crippen LogP contribution in [0.1, 0.15) is 51.0 Å². The van der Waals surface area contributed by atoms with Crippen molar-refractivity contribution in [1.82, 2.24) is 15.5 Å². The molecule has 3 rings (SSSR count). The van der Waals surface area contributed by atoms with E-state index in [2.05, 4.69) is 28.5 Å². The van der Waals surface area contributed by atoms with E-state index in [1.54, 1.807) is 14.2 Å². The monoisotopic (exact) mass is 432 g/mol. The van der Waals surface area contributed by atoms with Gasteiger partial charge in [0.2, 0.25) is 0 Å². The van der Waals surface area contributed by atoms with Crippen LogP contribution in [0.2, 0.25) is 0 Å². The second-order valence-corrected chi connectivity index (χ2v) is 8.37. The standard InChI is InChI=1S/C24H40N4O3/c1-4-25-24(27-18-20-10-8-14-28(20)15-16-29-2)26-17-19-9-7-13-22(30-3)23(19)31-21-11-5-6-12-21/h7,9,13,20-21H,4-6,8,10-12,14-18H2,1-3H3,(H2,25,26,27). The Labute approximate surface area is 187 Å². The highest BCUT2D eigenvalue weighted by Crippen LogP contribution is 2.35. The third kappa shape index (κ3) is 7.01. The predicted molar refractivity (Wildman–Crippen MR) is 125 cm³/mol. The Morgan fingerprint density at radius 2 is 1.97 bits per heavy atom. The molecule has 0 spiro atoms. The van der Waals surface area contributed by atoms with Gasteiger partial charge in [0.1, 0.15) is 0 Å². The molecule has 1 aromatic carbocycles. The minimum absolute atomic E-state index is 0.283. The first-order chi connectivity index (χ1) is 15.2. The highest BCUT2D eigenvalue weighted by atomic mass is 16.5. The summed E-state index contributed by atoms with van der Waals surface area (Å²) in [5.41, 5.74) is 1.06. The number of benzene rings is 1. The number of methoxy groups -OCH3 is 2. The molecule has 1 unspecified atom stereocenters.